The lowest BCUT2D eigenvalue weighted by atomic mass is 10.0. The smallest absolute Gasteiger partial charge is 0.184 e. The molecule has 1 aromatic carbocycles. The molecule has 1 aromatic rings. The highest BCUT2D eigenvalue weighted by molar-refractivity contribution is 7.92. The van der Waals surface area contributed by atoms with Gasteiger partial charge in [-0.2, -0.15) is 0 Å². The zero-order chi connectivity index (χ0) is 13.2. The van der Waals surface area contributed by atoms with Crippen LogP contribution in [0.4, 0.5) is 0 Å². The third kappa shape index (κ3) is 2.80. The summed E-state index contributed by atoms with van der Waals surface area (Å²) in [4.78, 5) is 0.277. The monoisotopic (exact) mass is 256 g/mol. The van der Waals surface area contributed by atoms with Gasteiger partial charge in [0.25, 0.3) is 0 Å². The fraction of sp³-hybridized carbons (Fsp3) is 0.538. The van der Waals surface area contributed by atoms with Crippen molar-refractivity contribution in [2.24, 2.45) is 0 Å². The first-order valence-corrected chi connectivity index (χ1v) is 7.27. The minimum absolute atomic E-state index is 0.277. The summed E-state index contributed by atoms with van der Waals surface area (Å²) < 4.78 is 29.4. The summed E-state index contributed by atoms with van der Waals surface area (Å²) >= 11 is 0. The van der Waals surface area contributed by atoms with Gasteiger partial charge in [0.1, 0.15) is 10.6 Å². The molecular weight excluding hydrogens is 236 g/mol. The first kappa shape index (κ1) is 14.0. The number of hydrogen-bond acceptors (Lipinski definition) is 3. The second-order valence-corrected chi connectivity index (χ2v) is 7.13. The van der Waals surface area contributed by atoms with E-state index in [1.54, 1.807) is 26.0 Å². The average molecular weight is 256 g/mol. The zero-order valence-corrected chi connectivity index (χ0v) is 11.8. The molecule has 4 heteroatoms. The molecule has 96 valence electrons. The lowest BCUT2D eigenvalue weighted by molar-refractivity contribution is 0.401. The van der Waals surface area contributed by atoms with Crippen LogP contribution in [-0.4, -0.2) is 20.8 Å². The van der Waals surface area contributed by atoms with Crippen molar-refractivity contribution in [3.05, 3.63) is 23.8 Å². The molecule has 0 fully saturated rings. The number of sulfone groups is 1. The summed E-state index contributed by atoms with van der Waals surface area (Å²) in [7, 11) is -1.79. The van der Waals surface area contributed by atoms with E-state index in [2.05, 4.69) is 13.8 Å². The Hall–Kier alpha value is -1.03. The Morgan fingerprint density at radius 2 is 1.71 bits per heavy atom. The number of rotatable bonds is 4. The van der Waals surface area contributed by atoms with Crippen molar-refractivity contribution in [1.29, 1.82) is 0 Å². The summed E-state index contributed by atoms with van der Waals surface area (Å²) in [5, 5.41) is -0.443. The molecule has 1 rings (SSSR count). The maximum atomic E-state index is 12.1. The van der Waals surface area contributed by atoms with Gasteiger partial charge in [-0.05, 0) is 37.5 Å². The van der Waals surface area contributed by atoms with Crippen LogP contribution in [0.25, 0.3) is 0 Å². The maximum absolute atomic E-state index is 12.1. The second-order valence-electron chi connectivity index (χ2n) is 4.66. The fourth-order valence-corrected chi connectivity index (χ4v) is 2.72. The van der Waals surface area contributed by atoms with Crippen molar-refractivity contribution in [3.63, 3.8) is 0 Å². The molecule has 0 N–H and O–H groups in total. The van der Waals surface area contributed by atoms with Crippen LogP contribution >= 0.6 is 0 Å². The van der Waals surface area contributed by atoms with Crippen molar-refractivity contribution >= 4 is 9.84 Å². The summed E-state index contributed by atoms with van der Waals surface area (Å²) in [5.74, 6) is 0.782. The predicted molar refractivity (Wildman–Crippen MR) is 69.4 cm³/mol. The Morgan fingerprint density at radius 3 is 2.12 bits per heavy atom. The molecule has 3 nitrogen and oxygen atoms in total. The fourth-order valence-electron chi connectivity index (χ4n) is 1.53. The lowest BCUT2D eigenvalue weighted by Crippen LogP contribution is -2.15. The van der Waals surface area contributed by atoms with Crippen molar-refractivity contribution in [1.82, 2.24) is 0 Å². The maximum Gasteiger partial charge on any atom is 0.184 e. The summed E-state index contributed by atoms with van der Waals surface area (Å²) in [5.41, 5.74) is 1.07. The van der Waals surface area contributed by atoms with Crippen LogP contribution < -0.4 is 4.74 Å². The van der Waals surface area contributed by atoms with Crippen LogP contribution in [-0.2, 0) is 9.84 Å². The van der Waals surface area contributed by atoms with E-state index in [1.807, 2.05) is 6.07 Å². The largest absolute Gasteiger partial charge is 0.495 e. The molecule has 0 unspecified atom stereocenters. The van der Waals surface area contributed by atoms with Crippen LogP contribution in [0.15, 0.2) is 23.1 Å². The number of benzene rings is 1. The normalized spacial score (nSPS) is 12.2. The Morgan fingerprint density at radius 1 is 1.12 bits per heavy atom. The third-order valence-electron chi connectivity index (χ3n) is 2.78. The molecule has 0 aliphatic heterocycles. The zero-order valence-electron chi connectivity index (χ0n) is 11.0. The van der Waals surface area contributed by atoms with Gasteiger partial charge >= 0.3 is 0 Å². The predicted octanol–water partition coefficient (Wildman–Crippen LogP) is 3.00. The average Bonchev–Trinajstić information content (AvgIpc) is 2.27. The van der Waals surface area contributed by atoms with Gasteiger partial charge in [0.05, 0.1) is 12.4 Å². The standard InChI is InChI=1S/C13H20O3S/c1-9(2)11-6-7-13(12(8-11)16-5)17(14,15)10(3)4/h6-10H,1-5H3. The van der Waals surface area contributed by atoms with Crippen LogP contribution in [0, 0.1) is 0 Å². The van der Waals surface area contributed by atoms with Gasteiger partial charge in [-0.15, -0.1) is 0 Å². The topological polar surface area (TPSA) is 43.4 Å². The van der Waals surface area contributed by atoms with Crippen molar-refractivity contribution in [2.45, 2.75) is 43.8 Å². The quantitative estimate of drug-likeness (QED) is 0.831. The van der Waals surface area contributed by atoms with E-state index in [4.69, 9.17) is 4.74 Å². The number of ether oxygens (including phenoxy) is 1. The van der Waals surface area contributed by atoms with Gasteiger partial charge in [0.15, 0.2) is 9.84 Å². The van der Waals surface area contributed by atoms with Gasteiger partial charge < -0.3 is 4.74 Å². The van der Waals surface area contributed by atoms with E-state index in [-0.39, 0.29) is 4.90 Å². The Kier molecular flexibility index (Phi) is 4.20. The minimum Gasteiger partial charge on any atom is -0.495 e. The van der Waals surface area contributed by atoms with Crippen LogP contribution in [0.5, 0.6) is 5.75 Å². The summed E-state index contributed by atoms with van der Waals surface area (Å²) in [6.45, 7) is 7.47. The molecule has 0 amide bonds. The van der Waals surface area contributed by atoms with Crippen molar-refractivity contribution < 1.29 is 13.2 Å². The van der Waals surface area contributed by atoms with Crippen LogP contribution in [0.2, 0.25) is 0 Å². The van der Waals surface area contributed by atoms with E-state index in [9.17, 15) is 8.42 Å². The molecule has 0 saturated heterocycles. The summed E-state index contributed by atoms with van der Waals surface area (Å²) in [6, 6.07) is 5.30. The van der Waals surface area contributed by atoms with Crippen LogP contribution in [0.3, 0.4) is 0 Å². The van der Waals surface area contributed by atoms with Gasteiger partial charge in [0, 0.05) is 0 Å². The highest BCUT2D eigenvalue weighted by Gasteiger charge is 2.23. The third-order valence-corrected chi connectivity index (χ3v) is 4.97. The molecule has 0 aromatic heterocycles. The number of methoxy groups -OCH3 is 1. The first-order chi connectivity index (χ1) is 7.80. The Balaban J connectivity index is 3.37. The molecule has 0 aliphatic rings. The molecular formula is C13H20O3S. The molecule has 0 aliphatic carbocycles. The van der Waals surface area contributed by atoms with E-state index in [0.717, 1.165) is 5.56 Å². The van der Waals surface area contributed by atoms with Gasteiger partial charge in [-0.25, -0.2) is 8.42 Å². The molecule has 0 atom stereocenters. The molecule has 0 heterocycles. The van der Waals surface area contributed by atoms with E-state index in [0.29, 0.717) is 11.7 Å². The minimum atomic E-state index is -3.29. The lowest BCUT2D eigenvalue weighted by Gasteiger charge is -2.14. The molecule has 0 radical (unpaired) electrons. The second kappa shape index (κ2) is 5.08. The summed E-state index contributed by atoms with van der Waals surface area (Å²) in [6.07, 6.45) is 0. The van der Waals surface area contributed by atoms with Crippen molar-refractivity contribution in [3.8, 4) is 5.75 Å². The molecule has 0 saturated carbocycles. The SMILES string of the molecule is COc1cc(C(C)C)ccc1S(=O)(=O)C(C)C. The highest BCUT2D eigenvalue weighted by atomic mass is 32.2. The molecule has 0 bridgehead atoms. The number of hydrogen-bond donors (Lipinski definition) is 0. The van der Waals surface area contributed by atoms with Gasteiger partial charge in [-0.1, -0.05) is 19.9 Å². The molecule has 0 spiro atoms. The Bertz CT molecular complexity index is 487. The molecule has 17 heavy (non-hydrogen) atoms. The van der Waals surface area contributed by atoms with Gasteiger partial charge in [0.2, 0.25) is 0 Å². The van der Waals surface area contributed by atoms with Crippen LogP contribution in [0.1, 0.15) is 39.2 Å². The van der Waals surface area contributed by atoms with E-state index in [1.165, 1.54) is 7.11 Å². The van der Waals surface area contributed by atoms with Crippen molar-refractivity contribution in [2.75, 3.05) is 7.11 Å². The highest BCUT2D eigenvalue weighted by Crippen LogP contribution is 2.30. The first-order valence-electron chi connectivity index (χ1n) is 5.72. The van der Waals surface area contributed by atoms with E-state index >= 15 is 0 Å². The van der Waals surface area contributed by atoms with E-state index < -0.39 is 15.1 Å². The Labute approximate surface area is 104 Å². The van der Waals surface area contributed by atoms with Gasteiger partial charge in [-0.3, -0.25) is 0 Å².